The summed E-state index contributed by atoms with van der Waals surface area (Å²) >= 11 is 0. The Morgan fingerprint density at radius 1 is 0.651 bits per heavy atom. The fourth-order valence-corrected chi connectivity index (χ4v) is 6.72. The second kappa shape index (κ2) is 12.4. The monoisotopic (exact) mass is 586 g/mol. The van der Waals surface area contributed by atoms with Crippen LogP contribution in [0, 0.1) is 0 Å². The van der Waals surface area contributed by atoms with E-state index >= 15 is 0 Å². The molecule has 6 aromatic rings. The van der Waals surface area contributed by atoms with Gasteiger partial charge in [0.25, 0.3) is 10.0 Å². The molecule has 0 aliphatic carbocycles. The fourth-order valence-electron chi connectivity index (χ4n) is 5.40. The van der Waals surface area contributed by atoms with Gasteiger partial charge in [-0.15, -0.1) is 0 Å². The van der Waals surface area contributed by atoms with Crippen molar-refractivity contribution in [1.82, 2.24) is 9.97 Å². The fraction of sp³-hybridized carbons (Fsp3) is 0.0857. The molecule has 0 bridgehead atoms. The van der Waals surface area contributed by atoms with Gasteiger partial charge >= 0.3 is 0 Å². The number of hydrogen-bond acceptors (Lipinski definition) is 6. The first-order valence-corrected chi connectivity index (χ1v) is 15.4. The van der Waals surface area contributed by atoms with Gasteiger partial charge in [-0.25, -0.2) is 13.4 Å². The number of nitrogens with one attached hydrogen (secondary N) is 2. The van der Waals surface area contributed by atoms with E-state index in [-0.39, 0.29) is 4.90 Å². The smallest absolute Gasteiger partial charge is 0.262 e. The van der Waals surface area contributed by atoms with E-state index in [9.17, 15) is 13.5 Å². The molecule has 0 radical (unpaired) electrons. The first kappa shape index (κ1) is 28.1. The van der Waals surface area contributed by atoms with Crippen LogP contribution in [0.15, 0.2) is 151 Å². The second-order valence-electron chi connectivity index (χ2n) is 10.1. The molecular weight excluding hydrogens is 556 g/mol. The minimum Gasteiger partial charge on any atom is -0.388 e. The maximum absolute atomic E-state index is 13.9. The highest BCUT2D eigenvalue weighted by Crippen LogP contribution is 2.44. The third-order valence-electron chi connectivity index (χ3n) is 7.42. The van der Waals surface area contributed by atoms with Crippen LogP contribution in [0.5, 0.6) is 0 Å². The van der Waals surface area contributed by atoms with Gasteiger partial charge in [0, 0.05) is 23.5 Å². The van der Waals surface area contributed by atoms with Gasteiger partial charge in [0.2, 0.25) is 0 Å². The molecule has 3 atom stereocenters. The zero-order valence-corrected chi connectivity index (χ0v) is 24.0. The highest BCUT2D eigenvalue weighted by molar-refractivity contribution is 7.93. The number of nitrogens with zero attached hydrogens (tertiary/aromatic N) is 2. The standard InChI is InChI=1S/C35H30N4O3S/c40-35(26-14-2-1-3-15-26)33(30-20-8-10-23-36-30)34(38-32-22-9-11-24-37-32)28-18-6-7-19-29(28)39-43(41,42)31-21-12-16-25-13-4-5-17-27(25)31/h1-24,33-35,39-40H,(H,37,38). The Labute approximate surface area is 251 Å². The summed E-state index contributed by atoms with van der Waals surface area (Å²) in [6.45, 7) is 0. The summed E-state index contributed by atoms with van der Waals surface area (Å²) in [6.07, 6.45) is 2.38. The molecule has 0 aliphatic heterocycles. The van der Waals surface area contributed by atoms with Crippen molar-refractivity contribution in [3.05, 3.63) is 163 Å². The van der Waals surface area contributed by atoms with E-state index < -0.39 is 28.1 Å². The highest BCUT2D eigenvalue weighted by Gasteiger charge is 2.35. The molecule has 4 aromatic carbocycles. The summed E-state index contributed by atoms with van der Waals surface area (Å²) in [7, 11) is -4.00. The Bertz CT molecular complexity index is 1920. The van der Waals surface area contributed by atoms with Crippen LogP contribution in [0.4, 0.5) is 11.5 Å². The molecule has 0 saturated carbocycles. The molecule has 0 fully saturated rings. The predicted molar refractivity (Wildman–Crippen MR) is 170 cm³/mol. The molecule has 2 aromatic heterocycles. The van der Waals surface area contributed by atoms with Crippen LogP contribution >= 0.6 is 0 Å². The third kappa shape index (κ3) is 6.11. The summed E-state index contributed by atoms with van der Waals surface area (Å²) in [4.78, 5) is 9.31. The van der Waals surface area contributed by atoms with Gasteiger partial charge in [-0.2, -0.15) is 0 Å². The zero-order valence-electron chi connectivity index (χ0n) is 23.2. The third-order valence-corrected chi connectivity index (χ3v) is 8.84. The first-order chi connectivity index (χ1) is 21.0. The minimum absolute atomic E-state index is 0.181. The number of aliphatic hydroxyl groups excluding tert-OH is 1. The lowest BCUT2D eigenvalue weighted by Crippen LogP contribution is -2.27. The second-order valence-corrected chi connectivity index (χ2v) is 11.8. The quantitative estimate of drug-likeness (QED) is 0.158. The van der Waals surface area contributed by atoms with Crippen molar-refractivity contribution in [3.63, 3.8) is 0 Å². The van der Waals surface area contributed by atoms with Crippen LogP contribution in [0.1, 0.15) is 34.9 Å². The maximum atomic E-state index is 13.9. The van der Waals surface area contributed by atoms with Crippen LogP contribution < -0.4 is 10.0 Å². The molecule has 3 N–H and O–H groups in total. The van der Waals surface area contributed by atoms with Crippen molar-refractivity contribution in [3.8, 4) is 0 Å². The lowest BCUT2D eigenvalue weighted by molar-refractivity contribution is 0.133. The van der Waals surface area contributed by atoms with Crippen LogP contribution in [-0.4, -0.2) is 23.5 Å². The zero-order chi connectivity index (χ0) is 29.6. The normalized spacial score (nSPS) is 13.6. The number of aromatic nitrogens is 2. The topological polar surface area (TPSA) is 104 Å². The van der Waals surface area contributed by atoms with E-state index in [0.717, 1.165) is 5.39 Å². The Balaban J connectivity index is 1.49. The van der Waals surface area contributed by atoms with Gasteiger partial charge in [-0.3, -0.25) is 9.71 Å². The molecule has 7 nitrogen and oxygen atoms in total. The molecule has 0 spiro atoms. The largest absolute Gasteiger partial charge is 0.388 e. The van der Waals surface area contributed by atoms with Crippen molar-refractivity contribution < 1.29 is 13.5 Å². The van der Waals surface area contributed by atoms with Gasteiger partial charge in [0.15, 0.2) is 0 Å². The first-order valence-electron chi connectivity index (χ1n) is 13.9. The SMILES string of the molecule is O=S(=O)(Nc1ccccc1C(Nc1ccccn1)C(c1ccccn1)C(O)c1ccccc1)c1cccc2ccccc12. The van der Waals surface area contributed by atoms with Gasteiger partial charge in [-0.1, -0.05) is 97.1 Å². The van der Waals surface area contributed by atoms with E-state index in [1.807, 2.05) is 103 Å². The number of para-hydroxylation sites is 1. The number of hydrogen-bond donors (Lipinski definition) is 3. The molecule has 43 heavy (non-hydrogen) atoms. The number of fused-ring (bicyclic) bond motifs is 1. The van der Waals surface area contributed by atoms with Crippen molar-refractivity contribution in [2.45, 2.75) is 23.0 Å². The van der Waals surface area contributed by atoms with E-state index in [1.54, 1.807) is 42.7 Å². The van der Waals surface area contributed by atoms with Crippen molar-refractivity contribution in [2.75, 3.05) is 10.0 Å². The Morgan fingerprint density at radius 2 is 1.33 bits per heavy atom. The summed E-state index contributed by atoms with van der Waals surface area (Å²) < 4.78 is 30.7. The average molecular weight is 587 g/mol. The van der Waals surface area contributed by atoms with Crippen LogP contribution in [0.25, 0.3) is 10.8 Å². The van der Waals surface area contributed by atoms with Gasteiger partial charge in [-0.05, 0) is 52.9 Å². The molecule has 6 rings (SSSR count). The number of pyridine rings is 2. The van der Waals surface area contributed by atoms with Crippen molar-refractivity contribution in [1.29, 1.82) is 0 Å². The molecule has 8 heteroatoms. The van der Waals surface area contributed by atoms with Gasteiger partial charge in [0.05, 0.1) is 28.6 Å². The maximum Gasteiger partial charge on any atom is 0.262 e. The number of benzene rings is 4. The van der Waals surface area contributed by atoms with Gasteiger partial charge in [0.1, 0.15) is 5.82 Å². The summed E-state index contributed by atoms with van der Waals surface area (Å²) in [5.41, 5.74) is 2.35. The number of aliphatic hydroxyl groups is 1. The van der Waals surface area contributed by atoms with Gasteiger partial charge < -0.3 is 10.4 Å². The van der Waals surface area contributed by atoms with Crippen LogP contribution in [-0.2, 0) is 10.0 Å². The van der Waals surface area contributed by atoms with E-state index in [4.69, 9.17) is 0 Å². The molecule has 0 aliphatic rings. The van der Waals surface area contributed by atoms with Crippen molar-refractivity contribution >= 4 is 32.3 Å². The summed E-state index contributed by atoms with van der Waals surface area (Å²) in [5.74, 6) is -0.0609. The number of sulfonamides is 1. The number of rotatable bonds is 10. The van der Waals surface area contributed by atoms with Crippen molar-refractivity contribution in [2.24, 2.45) is 0 Å². The van der Waals surface area contributed by atoms with E-state index in [2.05, 4.69) is 20.0 Å². The molecular formula is C35H30N4O3S. The lowest BCUT2D eigenvalue weighted by atomic mass is 9.82. The molecule has 214 valence electrons. The van der Waals surface area contributed by atoms with E-state index in [0.29, 0.717) is 33.7 Å². The molecule has 0 amide bonds. The van der Waals surface area contributed by atoms with E-state index in [1.165, 1.54) is 0 Å². The summed E-state index contributed by atoms with van der Waals surface area (Å²) in [6, 6.07) is 39.7. The minimum atomic E-state index is -4.00. The number of anilines is 2. The average Bonchev–Trinajstić information content (AvgIpc) is 3.05. The Hall–Kier alpha value is -5.05. The highest BCUT2D eigenvalue weighted by atomic mass is 32.2. The summed E-state index contributed by atoms with van der Waals surface area (Å²) in [5, 5.41) is 16.9. The molecule has 0 saturated heterocycles. The lowest BCUT2D eigenvalue weighted by Gasteiger charge is -2.33. The Kier molecular flexibility index (Phi) is 8.13. The van der Waals surface area contributed by atoms with Crippen LogP contribution in [0.3, 0.4) is 0 Å². The molecule has 2 heterocycles. The Morgan fingerprint density at radius 3 is 2.09 bits per heavy atom. The molecule has 3 unspecified atom stereocenters. The van der Waals surface area contributed by atoms with Crippen LogP contribution in [0.2, 0.25) is 0 Å². The predicted octanol–water partition coefficient (Wildman–Crippen LogP) is 7.10.